The van der Waals surface area contributed by atoms with Gasteiger partial charge in [0, 0.05) is 26.9 Å². The van der Waals surface area contributed by atoms with Crippen LogP contribution in [0.15, 0.2) is 19.0 Å². The van der Waals surface area contributed by atoms with Gasteiger partial charge >= 0.3 is 7.60 Å². The van der Waals surface area contributed by atoms with Crippen molar-refractivity contribution in [2.75, 3.05) is 38.0 Å². The van der Waals surface area contributed by atoms with Crippen LogP contribution in [0.25, 0.3) is 11.2 Å². The topological polar surface area (TPSA) is 126 Å². The summed E-state index contributed by atoms with van der Waals surface area (Å²) in [6.45, 7) is 14.3. The first-order chi connectivity index (χ1) is 13.6. The van der Waals surface area contributed by atoms with E-state index in [9.17, 15) is 4.57 Å². The number of aromatic nitrogens is 4. The zero-order valence-corrected chi connectivity index (χ0v) is 19.0. The molecule has 0 saturated heterocycles. The average molecular weight is 428 g/mol. The van der Waals surface area contributed by atoms with Crippen molar-refractivity contribution < 1.29 is 18.3 Å². The minimum absolute atomic E-state index is 0.0513. The Kier molecular flexibility index (Phi) is 10.2. The van der Waals surface area contributed by atoms with Gasteiger partial charge in [-0.15, -0.1) is 6.58 Å². The fourth-order valence-electron chi connectivity index (χ4n) is 2.40. The number of methoxy groups -OCH3 is 1. The fourth-order valence-corrected chi connectivity index (χ4v) is 3.98. The summed E-state index contributed by atoms with van der Waals surface area (Å²) in [6, 6.07) is 0. The molecule has 29 heavy (non-hydrogen) atoms. The largest absolute Gasteiger partial charge is 0.383 e. The number of ether oxygens (including phenoxy) is 1. The monoisotopic (exact) mass is 428 g/mol. The minimum Gasteiger partial charge on any atom is -0.383 e. The smallest absolute Gasteiger partial charge is 0.328 e. The van der Waals surface area contributed by atoms with Crippen molar-refractivity contribution in [3.05, 3.63) is 19.0 Å². The van der Waals surface area contributed by atoms with Gasteiger partial charge in [0.2, 0.25) is 5.95 Å². The number of anilines is 2. The Morgan fingerprint density at radius 3 is 2.41 bits per heavy atom. The molecule has 0 aromatic carbocycles. The number of imidazole rings is 1. The summed E-state index contributed by atoms with van der Waals surface area (Å²) in [7, 11) is -1.15. The number of fused-ring (bicyclic) bond motifs is 1. The van der Waals surface area contributed by atoms with E-state index in [0.29, 0.717) is 36.7 Å². The number of nitrogens with zero attached hydrogens (tertiary/aromatic N) is 4. The van der Waals surface area contributed by atoms with E-state index >= 15 is 0 Å². The molecule has 0 aliphatic rings. The summed E-state index contributed by atoms with van der Waals surface area (Å²) in [5.74, 6) is 0.835. The van der Waals surface area contributed by atoms with Crippen molar-refractivity contribution in [3.63, 3.8) is 0 Å². The van der Waals surface area contributed by atoms with Gasteiger partial charge in [0.25, 0.3) is 0 Å². The van der Waals surface area contributed by atoms with E-state index < -0.39 is 7.60 Å². The molecule has 0 unspecified atom stereocenters. The van der Waals surface area contributed by atoms with Crippen molar-refractivity contribution in [2.24, 2.45) is 0 Å². The van der Waals surface area contributed by atoms with Gasteiger partial charge in [0.1, 0.15) is 0 Å². The van der Waals surface area contributed by atoms with E-state index in [2.05, 4.69) is 26.8 Å². The number of hydrogen-bond donors (Lipinski definition) is 2. The van der Waals surface area contributed by atoms with Crippen molar-refractivity contribution in [3.8, 4) is 0 Å². The Hall–Kier alpha value is -2.00. The summed E-state index contributed by atoms with van der Waals surface area (Å²) in [5, 5.41) is 3.09. The first kappa shape index (κ1) is 25.0. The average Bonchev–Trinajstić information content (AvgIpc) is 2.98. The predicted molar refractivity (Wildman–Crippen MR) is 116 cm³/mol. The molecule has 2 aromatic heterocycles. The van der Waals surface area contributed by atoms with Crippen LogP contribution >= 0.6 is 7.60 Å². The molecule has 0 spiro atoms. The van der Waals surface area contributed by atoms with Gasteiger partial charge in [-0.25, -0.2) is 4.98 Å². The maximum atomic E-state index is 11.4. The molecular formula is C18H33N6O4P. The summed E-state index contributed by atoms with van der Waals surface area (Å²) < 4.78 is 28.5. The van der Waals surface area contributed by atoms with Crippen LogP contribution in [0.1, 0.15) is 27.7 Å². The lowest BCUT2D eigenvalue weighted by atomic mass is 10.4. The molecule has 0 amide bonds. The highest BCUT2D eigenvalue weighted by atomic mass is 31.2. The second-order valence-corrected chi connectivity index (χ2v) is 8.75. The van der Waals surface area contributed by atoms with Crippen LogP contribution in [0.2, 0.25) is 0 Å². The van der Waals surface area contributed by atoms with Gasteiger partial charge in [-0.2, -0.15) is 9.97 Å². The normalized spacial score (nSPS) is 11.6. The highest BCUT2D eigenvalue weighted by Crippen LogP contribution is 2.46. The maximum absolute atomic E-state index is 11.4. The van der Waals surface area contributed by atoms with Crippen LogP contribution in [-0.2, 0) is 24.9 Å². The lowest BCUT2D eigenvalue weighted by molar-refractivity contribution is 0.146. The van der Waals surface area contributed by atoms with E-state index in [4.69, 9.17) is 19.5 Å². The zero-order chi connectivity index (χ0) is 22.0. The number of nitrogens with two attached hydrogens (primary N) is 1. The zero-order valence-electron chi connectivity index (χ0n) is 18.1. The first-order valence-corrected chi connectivity index (χ1v) is 11.3. The van der Waals surface area contributed by atoms with E-state index in [1.165, 1.54) is 6.66 Å². The Balaban J connectivity index is 0.000000331. The summed E-state index contributed by atoms with van der Waals surface area (Å²) in [6.07, 6.45) is 3.34. The molecule has 2 aromatic rings. The lowest BCUT2D eigenvalue weighted by Gasteiger charge is -2.18. The van der Waals surface area contributed by atoms with E-state index in [1.54, 1.807) is 19.5 Å². The highest BCUT2D eigenvalue weighted by Gasteiger charge is 2.19. The second kappa shape index (κ2) is 11.9. The summed E-state index contributed by atoms with van der Waals surface area (Å²) >= 11 is 0. The van der Waals surface area contributed by atoms with Crippen LogP contribution in [0.4, 0.5) is 11.8 Å². The number of nitrogens with one attached hydrogen (secondary N) is 1. The van der Waals surface area contributed by atoms with Crippen LogP contribution in [0.3, 0.4) is 0 Å². The molecule has 2 heterocycles. The standard InChI is InChI=1S/C11H16N6O.C7H17O3P/c1-3-4-13-9-8-10(16-11(12)15-9)17(7-14-8)5-6-18-2;1-6(2)9-11(5,8)10-7(3)4/h3,7H,1,4-6H2,2H3,(H3,12,13,15,16);6-7H,1-5H3. The maximum Gasteiger partial charge on any atom is 0.328 e. The third-order valence-corrected chi connectivity index (χ3v) is 4.85. The van der Waals surface area contributed by atoms with Gasteiger partial charge in [-0.1, -0.05) is 6.08 Å². The Morgan fingerprint density at radius 2 is 1.90 bits per heavy atom. The number of rotatable bonds is 10. The second-order valence-electron chi connectivity index (χ2n) is 6.78. The molecule has 0 fully saturated rings. The minimum atomic E-state index is -2.80. The van der Waals surface area contributed by atoms with Crippen LogP contribution < -0.4 is 11.1 Å². The molecule has 164 valence electrons. The summed E-state index contributed by atoms with van der Waals surface area (Å²) in [5.41, 5.74) is 7.09. The van der Waals surface area contributed by atoms with Crippen molar-refractivity contribution >= 4 is 30.5 Å². The highest BCUT2D eigenvalue weighted by molar-refractivity contribution is 7.53. The number of nitrogen functional groups attached to an aromatic ring is 1. The van der Waals surface area contributed by atoms with E-state index in [0.717, 1.165) is 0 Å². The van der Waals surface area contributed by atoms with Gasteiger partial charge in [0.15, 0.2) is 17.0 Å². The van der Waals surface area contributed by atoms with E-state index in [-0.39, 0.29) is 18.2 Å². The fraction of sp³-hybridized carbons (Fsp3) is 0.611. The molecule has 10 nitrogen and oxygen atoms in total. The molecular weight excluding hydrogens is 395 g/mol. The Bertz CT molecular complexity index is 810. The van der Waals surface area contributed by atoms with E-state index in [1.807, 2.05) is 32.3 Å². The molecule has 0 saturated carbocycles. The third-order valence-electron chi connectivity index (χ3n) is 3.24. The van der Waals surface area contributed by atoms with Crippen LogP contribution in [0.5, 0.6) is 0 Å². The molecule has 0 aliphatic carbocycles. The Labute approximate surface area is 172 Å². The van der Waals surface area contributed by atoms with Gasteiger partial charge in [-0.05, 0) is 27.7 Å². The quantitative estimate of drug-likeness (QED) is 0.433. The van der Waals surface area contributed by atoms with Gasteiger partial charge in [-0.3, -0.25) is 4.57 Å². The van der Waals surface area contributed by atoms with Crippen LogP contribution in [0, 0.1) is 0 Å². The molecule has 3 N–H and O–H groups in total. The molecule has 0 bridgehead atoms. The first-order valence-electron chi connectivity index (χ1n) is 9.36. The predicted octanol–water partition coefficient (Wildman–Crippen LogP) is 3.31. The van der Waals surface area contributed by atoms with Crippen LogP contribution in [-0.4, -0.2) is 58.7 Å². The SMILES string of the molecule is C=CCNc1nc(N)nc2c1ncn2CCOC.CC(C)OP(C)(=O)OC(C)C. The Morgan fingerprint density at radius 1 is 1.28 bits per heavy atom. The molecule has 0 atom stereocenters. The van der Waals surface area contributed by atoms with Gasteiger partial charge in [0.05, 0.1) is 25.1 Å². The molecule has 2 rings (SSSR count). The molecule has 0 radical (unpaired) electrons. The number of hydrogen-bond acceptors (Lipinski definition) is 9. The molecule has 0 aliphatic heterocycles. The van der Waals surface area contributed by atoms with Crippen molar-refractivity contribution in [2.45, 2.75) is 46.4 Å². The van der Waals surface area contributed by atoms with Crippen molar-refractivity contribution in [1.82, 2.24) is 19.5 Å². The summed E-state index contributed by atoms with van der Waals surface area (Å²) in [4.78, 5) is 12.6. The lowest BCUT2D eigenvalue weighted by Crippen LogP contribution is -2.07. The molecule has 11 heteroatoms. The van der Waals surface area contributed by atoms with Crippen molar-refractivity contribution in [1.29, 1.82) is 0 Å². The third kappa shape index (κ3) is 8.91. The van der Waals surface area contributed by atoms with Gasteiger partial charge < -0.3 is 29.4 Å².